The van der Waals surface area contributed by atoms with E-state index >= 15 is 0 Å². The predicted molar refractivity (Wildman–Crippen MR) is 137 cm³/mol. The third kappa shape index (κ3) is 5.74. The zero-order chi connectivity index (χ0) is 27.8. The number of allylic oxidation sites excluding steroid dienone is 1. The van der Waals surface area contributed by atoms with E-state index in [4.69, 9.17) is 4.74 Å². The van der Waals surface area contributed by atoms with E-state index in [1.807, 2.05) is 0 Å². The van der Waals surface area contributed by atoms with Crippen LogP contribution in [0.1, 0.15) is 51.3 Å². The summed E-state index contributed by atoms with van der Waals surface area (Å²) in [7, 11) is 0. The van der Waals surface area contributed by atoms with Crippen LogP contribution in [0.5, 0.6) is 0 Å². The van der Waals surface area contributed by atoms with Crippen molar-refractivity contribution in [3.8, 4) is 0 Å². The molecular weight excluding hydrogens is 521 g/mol. The minimum Gasteiger partial charge on any atom is -0.459 e. The Bertz CT molecular complexity index is 1220. The van der Waals surface area contributed by atoms with E-state index in [-0.39, 0.29) is 23.8 Å². The fourth-order valence-corrected chi connectivity index (χ4v) is 5.58. The number of fused-ring (bicyclic) bond motifs is 1. The Morgan fingerprint density at radius 2 is 1.68 bits per heavy atom. The summed E-state index contributed by atoms with van der Waals surface area (Å²) in [5.74, 6) is -0.804. The molecule has 0 bridgehead atoms. The van der Waals surface area contributed by atoms with Crippen molar-refractivity contribution < 1.29 is 32.3 Å². The Hall–Kier alpha value is -3.28. The molecule has 4 rings (SSSR count). The van der Waals surface area contributed by atoms with Crippen molar-refractivity contribution in [1.82, 2.24) is 14.7 Å². The Morgan fingerprint density at radius 1 is 1.08 bits per heavy atom. The molecule has 0 aliphatic carbocycles. The van der Waals surface area contributed by atoms with Crippen LogP contribution in [0.25, 0.3) is 0 Å². The van der Waals surface area contributed by atoms with Crippen LogP contribution in [0, 0.1) is 0 Å². The molecule has 1 saturated heterocycles. The highest BCUT2D eigenvalue weighted by Gasteiger charge is 2.42. The van der Waals surface area contributed by atoms with Gasteiger partial charge in [-0.3, -0.25) is 9.59 Å². The zero-order valence-electron chi connectivity index (χ0n) is 21.5. The molecule has 0 spiro atoms. The molecule has 204 valence electrons. The van der Waals surface area contributed by atoms with Crippen LogP contribution in [0.2, 0.25) is 0 Å². The van der Waals surface area contributed by atoms with Gasteiger partial charge in [-0.25, -0.2) is 9.79 Å². The van der Waals surface area contributed by atoms with Gasteiger partial charge >= 0.3 is 12.1 Å². The number of carbonyl (C=O) groups excluding carboxylic acids is 3. The molecule has 0 N–H and O–H groups in total. The van der Waals surface area contributed by atoms with Gasteiger partial charge in [-0.05, 0) is 43.9 Å². The number of hydrogen-bond donors (Lipinski definition) is 0. The number of thioether (sulfide) groups is 1. The largest absolute Gasteiger partial charge is 0.459 e. The Morgan fingerprint density at radius 3 is 2.24 bits per heavy atom. The van der Waals surface area contributed by atoms with E-state index in [0.29, 0.717) is 48.3 Å². The smallest absolute Gasteiger partial charge is 0.416 e. The average molecular weight is 551 g/mol. The number of esters is 1. The van der Waals surface area contributed by atoms with E-state index in [1.165, 1.54) is 30.8 Å². The van der Waals surface area contributed by atoms with Crippen molar-refractivity contribution in [3.63, 3.8) is 0 Å². The molecule has 0 saturated carbocycles. The standard InChI is InChI=1S/C26H29F3N4O4S/c1-15(2)37-24(36)22-16(3)30-25-33(23(22)18-5-7-19(8-6-18)26(27,28)29)20(14-38-25)13-21(35)32-11-9-31(10-12-32)17(4)34/h5-8,14-15,23H,9-13H2,1-4H3. The van der Waals surface area contributed by atoms with Gasteiger partial charge in [0, 0.05) is 38.8 Å². The van der Waals surface area contributed by atoms with Gasteiger partial charge in [-0.2, -0.15) is 13.2 Å². The Kier molecular flexibility index (Phi) is 7.91. The van der Waals surface area contributed by atoms with Gasteiger partial charge in [0.05, 0.1) is 35.4 Å². The summed E-state index contributed by atoms with van der Waals surface area (Å²) in [6.07, 6.45) is -4.91. The van der Waals surface area contributed by atoms with Gasteiger partial charge < -0.3 is 19.4 Å². The van der Waals surface area contributed by atoms with E-state index in [0.717, 1.165) is 12.1 Å². The number of alkyl halides is 3. The van der Waals surface area contributed by atoms with E-state index in [2.05, 4.69) is 4.99 Å². The topological polar surface area (TPSA) is 82.5 Å². The average Bonchev–Trinajstić information content (AvgIpc) is 3.24. The van der Waals surface area contributed by atoms with E-state index < -0.39 is 29.9 Å². The van der Waals surface area contributed by atoms with Crippen LogP contribution in [-0.2, 0) is 25.3 Å². The second-order valence-corrected chi connectivity index (χ2v) is 10.4. The summed E-state index contributed by atoms with van der Waals surface area (Å²) in [6.45, 7) is 8.30. The minimum absolute atomic E-state index is 0.00871. The number of aliphatic imine (C=N–C) groups is 1. The van der Waals surface area contributed by atoms with Crippen LogP contribution in [0.4, 0.5) is 13.2 Å². The summed E-state index contributed by atoms with van der Waals surface area (Å²) in [4.78, 5) is 47.7. The van der Waals surface area contributed by atoms with Crippen LogP contribution >= 0.6 is 11.8 Å². The predicted octanol–water partition coefficient (Wildman–Crippen LogP) is 4.31. The molecule has 1 aromatic carbocycles. The monoisotopic (exact) mass is 550 g/mol. The van der Waals surface area contributed by atoms with Gasteiger partial charge in [0.15, 0.2) is 5.17 Å². The molecule has 12 heteroatoms. The lowest BCUT2D eigenvalue weighted by Crippen LogP contribution is -2.50. The molecule has 1 aromatic rings. The molecule has 3 aliphatic heterocycles. The first-order chi connectivity index (χ1) is 17.9. The third-order valence-electron chi connectivity index (χ3n) is 6.53. The number of piperazine rings is 1. The molecule has 3 heterocycles. The number of amides is 2. The number of rotatable bonds is 5. The number of amidine groups is 1. The molecule has 1 unspecified atom stereocenters. The molecule has 2 amide bonds. The van der Waals surface area contributed by atoms with Crippen molar-refractivity contribution in [2.24, 2.45) is 4.99 Å². The van der Waals surface area contributed by atoms with Crippen LogP contribution in [0.3, 0.4) is 0 Å². The normalized spacial score (nSPS) is 19.9. The van der Waals surface area contributed by atoms with Gasteiger partial charge in [0.2, 0.25) is 11.8 Å². The number of halogens is 3. The molecule has 8 nitrogen and oxygen atoms in total. The third-order valence-corrected chi connectivity index (χ3v) is 7.42. The summed E-state index contributed by atoms with van der Waals surface area (Å²) in [5, 5.41) is 2.31. The first-order valence-corrected chi connectivity index (χ1v) is 13.1. The molecule has 1 fully saturated rings. The molecule has 0 aromatic heterocycles. The van der Waals surface area contributed by atoms with E-state index in [9.17, 15) is 27.6 Å². The number of benzene rings is 1. The van der Waals surface area contributed by atoms with Crippen molar-refractivity contribution in [1.29, 1.82) is 0 Å². The fourth-order valence-electron chi connectivity index (χ4n) is 4.62. The molecular formula is C26H29F3N4O4S. The number of nitrogens with zero attached hydrogens (tertiary/aromatic N) is 4. The highest BCUT2D eigenvalue weighted by molar-refractivity contribution is 8.16. The van der Waals surface area contributed by atoms with Gasteiger partial charge in [-0.15, -0.1) is 0 Å². The summed E-state index contributed by atoms with van der Waals surface area (Å²) < 4.78 is 45.2. The lowest BCUT2D eigenvalue weighted by Gasteiger charge is -2.38. The Labute approximate surface area is 223 Å². The molecule has 1 atom stereocenters. The van der Waals surface area contributed by atoms with Gasteiger partial charge in [0.25, 0.3) is 0 Å². The number of hydrogen-bond acceptors (Lipinski definition) is 7. The highest BCUT2D eigenvalue weighted by atomic mass is 32.2. The van der Waals surface area contributed by atoms with Crippen LogP contribution in [-0.4, -0.2) is 69.9 Å². The van der Waals surface area contributed by atoms with Gasteiger partial charge in [-0.1, -0.05) is 23.9 Å². The first kappa shape index (κ1) is 27.7. The van der Waals surface area contributed by atoms with Crippen LogP contribution < -0.4 is 0 Å². The quantitative estimate of drug-likeness (QED) is 0.509. The second kappa shape index (κ2) is 10.8. The first-order valence-electron chi connectivity index (χ1n) is 12.2. The van der Waals surface area contributed by atoms with Crippen molar-refractivity contribution in [2.45, 2.75) is 52.4 Å². The van der Waals surface area contributed by atoms with Crippen molar-refractivity contribution >= 4 is 34.7 Å². The molecule has 3 aliphatic rings. The molecule has 0 radical (unpaired) electrons. The maximum absolute atomic E-state index is 13.2. The summed E-state index contributed by atoms with van der Waals surface area (Å²) >= 11 is 1.29. The van der Waals surface area contributed by atoms with Crippen molar-refractivity contribution in [3.05, 3.63) is 57.8 Å². The minimum atomic E-state index is -4.50. The second-order valence-electron chi connectivity index (χ2n) is 9.53. The summed E-state index contributed by atoms with van der Waals surface area (Å²) in [5.41, 5.74) is 0.833. The van der Waals surface area contributed by atoms with Gasteiger partial charge in [0.1, 0.15) is 0 Å². The lowest BCUT2D eigenvalue weighted by atomic mass is 9.93. The SMILES string of the molecule is CC(=O)N1CCN(C(=O)CC2=CSC3=NC(C)=C(C(=O)OC(C)C)C(c4ccc(C(F)(F)F)cc4)N23)CC1. The number of carbonyl (C=O) groups is 3. The maximum Gasteiger partial charge on any atom is 0.416 e. The van der Waals surface area contributed by atoms with E-state index in [1.54, 1.807) is 40.9 Å². The Balaban J connectivity index is 1.65. The zero-order valence-corrected chi connectivity index (χ0v) is 22.4. The van der Waals surface area contributed by atoms with Crippen molar-refractivity contribution in [2.75, 3.05) is 26.2 Å². The van der Waals surface area contributed by atoms with Crippen LogP contribution in [0.15, 0.2) is 51.6 Å². The fraction of sp³-hybridized carbons (Fsp3) is 0.462. The summed E-state index contributed by atoms with van der Waals surface area (Å²) in [6, 6.07) is 3.83. The lowest BCUT2D eigenvalue weighted by molar-refractivity contribution is -0.143. The molecule has 38 heavy (non-hydrogen) atoms. The maximum atomic E-state index is 13.2. The number of ether oxygens (including phenoxy) is 1. The highest BCUT2D eigenvalue weighted by Crippen LogP contribution is 2.45.